The molecule has 6 nitrogen and oxygen atoms in total. The molecule has 7 heteroatoms. The highest BCUT2D eigenvalue weighted by Gasteiger charge is 2.18. The van der Waals surface area contributed by atoms with Crippen LogP contribution in [0.5, 0.6) is 11.5 Å². The molecule has 2 heterocycles. The number of hydrogen-bond donors (Lipinski definition) is 2. The lowest BCUT2D eigenvalue weighted by Gasteiger charge is -2.11. The molecule has 0 unspecified atom stereocenters. The molecular weight excluding hydrogens is 311 g/mol. The van der Waals surface area contributed by atoms with Crippen LogP contribution in [0.3, 0.4) is 0 Å². The second kappa shape index (κ2) is 6.29. The number of carbonyl (C=O) groups is 1. The average Bonchev–Trinajstić information content (AvgIpc) is 2.94. The van der Waals surface area contributed by atoms with Crippen LogP contribution in [0.4, 0.5) is 10.1 Å². The van der Waals surface area contributed by atoms with Gasteiger partial charge in [-0.05, 0) is 32.3 Å². The fourth-order valence-electron chi connectivity index (χ4n) is 2.42. The van der Waals surface area contributed by atoms with E-state index in [0.29, 0.717) is 28.0 Å². The number of anilines is 1. The minimum absolute atomic E-state index is 0.0314. The monoisotopic (exact) mass is 328 g/mol. The van der Waals surface area contributed by atoms with Gasteiger partial charge >= 0.3 is 0 Å². The van der Waals surface area contributed by atoms with E-state index in [2.05, 4.69) is 9.97 Å². The quantitative estimate of drug-likeness (QED) is 0.556. The van der Waals surface area contributed by atoms with E-state index < -0.39 is 5.82 Å². The zero-order chi connectivity index (χ0) is 17.3. The molecule has 0 aliphatic rings. The van der Waals surface area contributed by atoms with Crippen molar-refractivity contribution in [1.29, 1.82) is 0 Å². The number of halogens is 1. The second-order valence-corrected chi connectivity index (χ2v) is 5.69. The van der Waals surface area contributed by atoms with Crippen LogP contribution >= 0.6 is 0 Å². The Balaban J connectivity index is 2.04. The molecule has 0 fully saturated rings. The third-order valence-electron chi connectivity index (χ3n) is 3.47. The van der Waals surface area contributed by atoms with Gasteiger partial charge in [0.15, 0.2) is 17.3 Å². The van der Waals surface area contributed by atoms with Crippen molar-refractivity contribution in [2.45, 2.75) is 0 Å². The number of rotatable bonds is 5. The molecule has 0 amide bonds. The van der Waals surface area contributed by atoms with Crippen LogP contribution in [0.25, 0.3) is 11.0 Å². The predicted molar refractivity (Wildman–Crippen MR) is 89.9 cm³/mol. The number of H-pyrrole nitrogens is 1. The molecule has 0 aliphatic carbocycles. The molecule has 0 atom stereocenters. The predicted octanol–water partition coefficient (Wildman–Crippen LogP) is 2.82. The highest BCUT2D eigenvalue weighted by atomic mass is 19.1. The number of aromatic amines is 1. The Morgan fingerprint density at radius 2 is 2.12 bits per heavy atom. The lowest BCUT2D eigenvalue weighted by molar-refractivity contribution is 0.0959. The number of nitrogens with one attached hydrogen (secondary N) is 1. The van der Waals surface area contributed by atoms with E-state index in [1.54, 1.807) is 23.2 Å². The molecule has 0 bridgehead atoms. The largest absolute Gasteiger partial charge is 0.453 e. The molecule has 0 radical (unpaired) electrons. The van der Waals surface area contributed by atoms with Crippen molar-refractivity contribution >= 4 is 22.5 Å². The number of nitrogen functional groups attached to an aromatic ring is 1. The van der Waals surface area contributed by atoms with E-state index in [1.165, 1.54) is 18.3 Å². The first-order valence-corrected chi connectivity index (χ1v) is 7.32. The van der Waals surface area contributed by atoms with Crippen LogP contribution < -0.4 is 10.5 Å². The lowest BCUT2D eigenvalue weighted by Crippen LogP contribution is -2.21. The van der Waals surface area contributed by atoms with Crippen LogP contribution in [-0.2, 0) is 0 Å². The van der Waals surface area contributed by atoms with Crippen molar-refractivity contribution in [2.75, 3.05) is 26.4 Å². The first kappa shape index (κ1) is 15.9. The molecule has 124 valence electrons. The third kappa shape index (κ3) is 3.07. The topological polar surface area (TPSA) is 84.2 Å². The van der Waals surface area contributed by atoms with Crippen LogP contribution in [0.1, 0.15) is 10.4 Å². The molecule has 0 spiro atoms. The summed E-state index contributed by atoms with van der Waals surface area (Å²) in [6.07, 6.45) is 3.12. The summed E-state index contributed by atoms with van der Waals surface area (Å²) < 4.78 is 19.7. The molecule has 3 N–H and O–H groups in total. The SMILES string of the molecule is CN(C)CC(=O)c1c[nH]c2nccc(Oc3ccc(N)cc3F)c12. The van der Waals surface area contributed by atoms with Gasteiger partial charge in [0.1, 0.15) is 11.4 Å². The van der Waals surface area contributed by atoms with Gasteiger partial charge in [-0.2, -0.15) is 0 Å². The first-order valence-electron chi connectivity index (χ1n) is 7.32. The number of benzene rings is 1. The number of ether oxygens (including phenoxy) is 1. The number of hydrogen-bond acceptors (Lipinski definition) is 5. The van der Waals surface area contributed by atoms with Gasteiger partial charge in [0, 0.05) is 29.7 Å². The van der Waals surface area contributed by atoms with E-state index >= 15 is 0 Å². The van der Waals surface area contributed by atoms with E-state index in [9.17, 15) is 9.18 Å². The third-order valence-corrected chi connectivity index (χ3v) is 3.47. The summed E-state index contributed by atoms with van der Waals surface area (Å²) >= 11 is 0. The van der Waals surface area contributed by atoms with Crippen LogP contribution in [-0.4, -0.2) is 41.3 Å². The number of fused-ring (bicyclic) bond motifs is 1. The molecule has 0 aliphatic heterocycles. The molecule has 3 rings (SSSR count). The summed E-state index contributed by atoms with van der Waals surface area (Å²) in [5.41, 5.74) is 6.81. The van der Waals surface area contributed by atoms with Crippen molar-refractivity contribution in [3.8, 4) is 11.5 Å². The van der Waals surface area contributed by atoms with Crippen LogP contribution in [0.15, 0.2) is 36.7 Å². The zero-order valence-electron chi connectivity index (χ0n) is 13.3. The van der Waals surface area contributed by atoms with Crippen molar-refractivity contribution in [3.05, 3.63) is 48.0 Å². The smallest absolute Gasteiger partial charge is 0.179 e. The maximum absolute atomic E-state index is 14.0. The van der Waals surface area contributed by atoms with E-state index in [0.717, 1.165) is 0 Å². The number of likely N-dealkylation sites (N-methyl/N-ethyl adjacent to an activating group) is 1. The Labute approximate surface area is 138 Å². The number of Topliss-reactive ketones (excluding diaryl/α,β-unsaturated/α-hetero) is 1. The van der Waals surface area contributed by atoms with Gasteiger partial charge in [-0.25, -0.2) is 9.37 Å². The Bertz CT molecular complexity index is 905. The maximum atomic E-state index is 14.0. The van der Waals surface area contributed by atoms with Gasteiger partial charge in [-0.3, -0.25) is 4.79 Å². The molecule has 1 aromatic carbocycles. The molecule has 2 aromatic heterocycles. The van der Waals surface area contributed by atoms with Crippen LogP contribution in [0.2, 0.25) is 0 Å². The molecular formula is C17H17FN4O2. The van der Waals surface area contributed by atoms with Gasteiger partial charge < -0.3 is 20.4 Å². The molecule has 24 heavy (non-hydrogen) atoms. The fourth-order valence-corrected chi connectivity index (χ4v) is 2.42. The number of pyridine rings is 1. The van der Waals surface area contributed by atoms with Gasteiger partial charge in [0.05, 0.1) is 11.9 Å². The van der Waals surface area contributed by atoms with Gasteiger partial charge in [0.2, 0.25) is 0 Å². The first-order chi connectivity index (χ1) is 11.5. The van der Waals surface area contributed by atoms with E-state index in [4.69, 9.17) is 10.5 Å². The molecule has 3 aromatic rings. The highest BCUT2D eigenvalue weighted by Crippen LogP contribution is 2.33. The summed E-state index contributed by atoms with van der Waals surface area (Å²) in [5.74, 6) is -0.269. The number of nitrogens with two attached hydrogens (primary N) is 1. The maximum Gasteiger partial charge on any atom is 0.179 e. The van der Waals surface area contributed by atoms with E-state index in [-0.39, 0.29) is 18.1 Å². The normalized spacial score (nSPS) is 11.2. The zero-order valence-corrected chi connectivity index (χ0v) is 13.3. The van der Waals surface area contributed by atoms with Crippen molar-refractivity contribution < 1.29 is 13.9 Å². The lowest BCUT2D eigenvalue weighted by atomic mass is 10.1. The summed E-state index contributed by atoms with van der Waals surface area (Å²) in [5, 5.41) is 0.528. The minimum atomic E-state index is -0.573. The summed E-state index contributed by atoms with van der Waals surface area (Å²) in [7, 11) is 3.62. The summed E-state index contributed by atoms with van der Waals surface area (Å²) in [6, 6.07) is 5.78. The van der Waals surface area contributed by atoms with Crippen molar-refractivity contribution in [1.82, 2.24) is 14.9 Å². The van der Waals surface area contributed by atoms with Gasteiger partial charge in [-0.1, -0.05) is 0 Å². The minimum Gasteiger partial charge on any atom is -0.453 e. The fraction of sp³-hybridized carbons (Fsp3) is 0.176. The Hall–Kier alpha value is -2.93. The average molecular weight is 328 g/mol. The summed E-state index contributed by atoms with van der Waals surface area (Å²) in [6.45, 7) is 0.248. The number of carbonyl (C=O) groups excluding carboxylic acids is 1. The highest BCUT2D eigenvalue weighted by molar-refractivity contribution is 6.10. The Morgan fingerprint density at radius 3 is 2.83 bits per heavy atom. The standard InChI is InChI=1S/C17H17FN4O2/c1-22(2)9-13(23)11-8-21-17-16(11)15(5-6-20-17)24-14-4-3-10(19)7-12(14)18/h3-8H,9,19H2,1-2H3,(H,20,21). The van der Waals surface area contributed by atoms with Crippen molar-refractivity contribution in [2.24, 2.45) is 0 Å². The number of nitrogens with zero attached hydrogens (tertiary/aromatic N) is 2. The van der Waals surface area contributed by atoms with Crippen molar-refractivity contribution in [3.63, 3.8) is 0 Å². The molecule has 0 saturated heterocycles. The van der Waals surface area contributed by atoms with Gasteiger partial charge in [-0.15, -0.1) is 0 Å². The summed E-state index contributed by atoms with van der Waals surface area (Å²) in [4.78, 5) is 21.3. The Morgan fingerprint density at radius 1 is 1.33 bits per heavy atom. The van der Waals surface area contributed by atoms with Crippen LogP contribution in [0, 0.1) is 5.82 Å². The van der Waals surface area contributed by atoms with Gasteiger partial charge in [0.25, 0.3) is 0 Å². The van der Waals surface area contributed by atoms with E-state index in [1.807, 2.05) is 14.1 Å². The Kier molecular flexibility index (Phi) is 4.18. The number of aromatic nitrogens is 2. The number of ketones is 1. The second-order valence-electron chi connectivity index (χ2n) is 5.69. The molecule has 0 saturated carbocycles.